The maximum absolute atomic E-state index is 14.1. The van der Waals surface area contributed by atoms with Gasteiger partial charge in [-0.15, -0.1) is 5.10 Å². The Balaban J connectivity index is 1.68. The van der Waals surface area contributed by atoms with Gasteiger partial charge in [0, 0.05) is 25.0 Å². The van der Waals surface area contributed by atoms with Gasteiger partial charge in [-0.2, -0.15) is 13.2 Å². The number of benzene rings is 1. The van der Waals surface area contributed by atoms with E-state index in [-0.39, 0.29) is 47.6 Å². The zero-order chi connectivity index (χ0) is 31.8. The number of carbonyl (C=O) groups excluding carboxylic acids is 1. The van der Waals surface area contributed by atoms with Gasteiger partial charge < -0.3 is 19.3 Å². The zero-order valence-electron chi connectivity index (χ0n) is 23.4. The number of aryl methyl sites for hydroxylation is 1. The van der Waals surface area contributed by atoms with Gasteiger partial charge in [-0.1, -0.05) is 0 Å². The molecule has 1 aliphatic carbocycles. The van der Waals surface area contributed by atoms with Crippen molar-refractivity contribution in [3.63, 3.8) is 0 Å². The predicted octanol–water partition coefficient (Wildman–Crippen LogP) is 2.20. The smallest absolute Gasteiger partial charge is 0.427 e. The highest BCUT2D eigenvalue weighted by atomic mass is 32.2. The first-order valence-electron chi connectivity index (χ1n) is 13.2. The Hall–Kier alpha value is -3.29. The summed E-state index contributed by atoms with van der Waals surface area (Å²) >= 11 is 0. The zero-order valence-corrected chi connectivity index (χ0v) is 25.1. The summed E-state index contributed by atoms with van der Waals surface area (Å²) in [6, 6.07) is 3.70. The molecule has 2 aromatic rings. The van der Waals surface area contributed by atoms with Crippen LogP contribution < -0.4 is 23.8 Å². The van der Waals surface area contributed by atoms with Gasteiger partial charge in [0.1, 0.15) is 18.5 Å². The molecule has 0 saturated heterocycles. The lowest BCUT2D eigenvalue weighted by molar-refractivity contribution is -0.242. The highest BCUT2D eigenvalue weighted by Gasteiger charge is 2.51. The summed E-state index contributed by atoms with van der Waals surface area (Å²) in [5.41, 5.74) is -3.03. The van der Waals surface area contributed by atoms with Crippen LogP contribution >= 0.6 is 0 Å². The molecule has 0 bridgehead atoms. The maximum Gasteiger partial charge on any atom is 0.427 e. The third-order valence-corrected chi connectivity index (χ3v) is 10.2. The number of rotatable bonds is 12. The summed E-state index contributed by atoms with van der Waals surface area (Å²) in [5, 5.41) is 14.9. The number of nitrogens with zero attached hydrogens (tertiary/aromatic N) is 3. The third-order valence-electron chi connectivity index (χ3n) is 6.56. The molecule has 1 unspecified atom stereocenters. The normalized spacial score (nSPS) is 17.7. The lowest BCUT2D eigenvalue weighted by Crippen LogP contribution is -2.48. The average molecular weight is 656 g/mol. The largest absolute Gasteiger partial charge is 0.485 e. The van der Waals surface area contributed by atoms with E-state index in [1.54, 1.807) is 6.92 Å². The van der Waals surface area contributed by atoms with Crippen LogP contribution in [-0.4, -0.2) is 87.3 Å². The van der Waals surface area contributed by atoms with E-state index in [1.807, 2.05) is 0 Å². The molecule has 1 aromatic carbocycles. The van der Waals surface area contributed by atoms with Crippen molar-refractivity contribution in [2.24, 2.45) is 0 Å². The molecule has 14 nitrogen and oxygen atoms in total. The molecule has 2 aliphatic rings. The Morgan fingerprint density at radius 1 is 1.21 bits per heavy atom. The lowest BCUT2D eigenvalue weighted by atomic mass is 10.1. The van der Waals surface area contributed by atoms with E-state index < -0.39 is 62.4 Å². The quantitative estimate of drug-likeness (QED) is 0.307. The van der Waals surface area contributed by atoms with Crippen LogP contribution in [0.2, 0.25) is 0 Å². The topological polar surface area (TPSA) is 178 Å². The van der Waals surface area contributed by atoms with Crippen LogP contribution in [0.5, 0.6) is 11.6 Å². The molecular formula is C24H32F3N5O9S2. The number of carbonyl (C=O) groups is 1. The van der Waals surface area contributed by atoms with Crippen molar-refractivity contribution in [3.8, 4) is 11.6 Å². The summed E-state index contributed by atoms with van der Waals surface area (Å²) in [4.78, 5) is 11.9. The molecular weight excluding hydrogens is 623 g/mol. The van der Waals surface area contributed by atoms with Crippen molar-refractivity contribution in [1.29, 1.82) is 0 Å². The molecule has 1 saturated carbocycles. The minimum absolute atomic E-state index is 0.0132. The van der Waals surface area contributed by atoms with Gasteiger partial charge in [0.05, 0.1) is 24.1 Å². The molecule has 3 N–H and O–H groups in total. The first kappa shape index (κ1) is 32.6. The highest BCUT2D eigenvalue weighted by Crippen LogP contribution is 2.41. The van der Waals surface area contributed by atoms with Crippen LogP contribution in [0.4, 0.5) is 29.3 Å². The standard InChI is InChI=1S/C24H32F3N5O9S2/c1-4-31-14-20(21(30-31)39-10-9-33)43(37,38)32-13-16(12-28-42(35,36)17-6-7-17)40-19-8-5-15(11-18(19)32)29-22(34)41-23(2,3)24(25,26)27/h5,8,11,14,16-17,28,33H,4,6-7,9-10,12-13H2,1-3H3,(H,29,34). The number of ether oxygens (including phenoxy) is 3. The highest BCUT2D eigenvalue weighted by molar-refractivity contribution is 7.93. The fraction of sp³-hybridized carbons (Fsp3) is 0.583. The molecule has 1 aliphatic heterocycles. The Labute approximate surface area is 246 Å². The number of fused-ring (bicyclic) bond motifs is 1. The number of hydrogen-bond donors (Lipinski definition) is 3. The van der Waals surface area contributed by atoms with Crippen LogP contribution in [0, 0.1) is 0 Å². The summed E-state index contributed by atoms with van der Waals surface area (Å²) in [6.45, 7) is 2.01. The van der Waals surface area contributed by atoms with Crippen LogP contribution in [0.25, 0.3) is 0 Å². The fourth-order valence-electron chi connectivity index (χ4n) is 3.95. The van der Waals surface area contributed by atoms with Crippen molar-refractivity contribution in [2.75, 3.05) is 35.9 Å². The number of amides is 1. The van der Waals surface area contributed by atoms with Crippen molar-refractivity contribution in [3.05, 3.63) is 24.4 Å². The van der Waals surface area contributed by atoms with E-state index in [9.17, 15) is 39.9 Å². The monoisotopic (exact) mass is 655 g/mol. The molecule has 2 heterocycles. The number of aromatic nitrogens is 2. The summed E-state index contributed by atoms with van der Waals surface area (Å²) in [7, 11) is -8.14. The second kappa shape index (κ2) is 12.0. The average Bonchev–Trinajstić information content (AvgIpc) is 3.70. The maximum atomic E-state index is 14.1. The number of alkyl halides is 3. The lowest BCUT2D eigenvalue weighted by Gasteiger charge is -2.35. The summed E-state index contributed by atoms with van der Waals surface area (Å²) in [5.74, 6) is -0.303. The Morgan fingerprint density at radius 3 is 2.51 bits per heavy atom. The molecule has 43 heavy (non-hydrogen) atoms. The number of aliphatic hydroxyl groups excluding tert-OH is 1. The number of sulfonamides is 2. The number of aliphatic hydroxyl groups is 1. The Kier molecular flexibility index (Phi) is 9.11. The summed E-state index contributed by atoms with van der Waals surface area (Å²) < 4.78 is 113. The molecule has 1 fully saturated rings. The third kappa shape index (κ3) is 7.27. The molecule has 1 atom stereocenters. The minimum atomic E-state index is -4.85. The molecule has 1 aromatic heterocycles. The number of halogens is 3. The van der Waals surface area contributed by atoms with E-state index >= 15 is 0 Å². The molecule has 1 amide bonds. The summed E-state index contributed by atoms with van der Waals surface area (Å²) in [6.07, 6.45) is -5.03. The fourth-order valence-corrected chi connectivity index (χ4v) is 6.93. The van der Waals surface area contributed by atoms with E-state index in [0.29, 0.717) is 26.7 Å². The van der Waals surface area contributed by atoms with E-state index in [1.165, 1.54) is 23.0 Å². The van der Waals surface area contributed by atoms with Crippen molar-refractivity contribution < 1.29 is 54.1 Å². The van der Waals surface area contributed by atoms with Gasteiger partial charge in [0.25, 0.3) is 15.9 Å². The van der Waals surface area contributed by atoms with Gasteiger partial charge in [-0.3, -0.25) is 14.3 Å². The van der Waals surface area contributed by atoms with Gasteiger partial charge in [0.15, 0.2) is 4.90 Å². The predicted molar refractivity (Wildman–Crippen MR) is 146 cm³/mol. The van der Waals surface area contributed by atoms with E-state index in [2.05, 4.69) is 19.9 Å². The number of anilines is 2. The SMILES string of the molecule is CCn1cc(S(=O)(=O)N2CC(CNS(=O)(=O)C3CC3)Oc3ccc(NC(=O)OC(C)(C)C(F)(F)F)cc32)c(OCCO)n1. The molecule has 240 valence electrons. The second-order valence-corrected chi connectivity index (χ2v) is 14.2. The van der Waals surface area contributed by atoms with Crippen LogP contribution in [0.3, 0.4) is 0 Å². The van der Waals surface area contributed by atoms with Crippen LogP contribution in [0.15, 0.2) is 29.3 Å². The first-order chi connectivity index (χ1) is 20.0. The molecule has 0 radical (unpaired) electrons. The van der Waals surface area contributed by atoms with E-state index in [0.717, 1.165) is 10.4 Å². The Bertz CT molecular complexity index is 1560. The Morgan fingerprint density at radius 2 is 1.91 bits per heavy atom. The second-order valence-electron chi connectivity index (χ2n) is 10.3. The van der Waals surface area contributed by atoms with Gasteiger partial charge in [-0.05, 0) is 51.8 Å². The number of nitrogens with one attached hydrogen (secondary N) is 2. The van der Waals surface area contributed by atoms with Crippen molar-refractivity contribution in [2.45, 2.75) is 68.2 Å². The van der Waals surface area contributed by atoms with Crippen LogP contribution in [-0.2, 0) is 31.3 Å². The van der Waals surface area contributed by atoms with Crippen molar-refractivity contribution in [1.82, 2.24) is 14.5 Å². The van der Waals surface area contributed by atoms with Gasteiger partial charge in [-0.25, -0.2) is 26.4 Å². The molecule has 19 heteroatoms. The minimum Gasteiger partial charge on any atom is -0.485 e. The first-order valence-corrected chi connectivity index (χ1v) is 16.2. The number of hydrogen-bond acceptors (Lipinski definition) is 10. The molecule has 4 rings (SSSR count). The van der Waals surface area contributed by atoms with Gasteiger partial charge >= 0.3 is 12.3 Å². The van der Waals surface area contributed by atoms with Crippen LogP contribution in [0.1, 0.15) is 33.6 Å². The van der Waals surface area contributed by atoms with Gasteiger partial charge in [0.2, 0.25) is 15.6 Å². The molecule has 0 spiro atoms. The van der Waals surface area contributed by atoms with Crippen molar-refractivity contribution >= 4 is 37.5 Å². The van der Waals surface area contributed by atoms with E-state index in [4.69, 9.17) is 9.47 Å².